The van der Waals surface area contributed by atoms with Gasteiger partial charge in [-0.15, -0.1) is 0 Å². The van der Waals surface area contributed by atoms with Crippen LogP contribution < -0.4 is 0 Å². The van der Waals surface area contributed by atoms with Crippen LogP contribution in [0.3, 0.4) is 0 Å². The quantitative estimate of drug-likeness (QED) is 0.833. The fraction of sp³-hybridized carbons (Fsp3) is 0.455. The van der Waals surface area contributed by atoms with Gasteiger partial charge in [0, 0.05) is 28.6 Å². The van der Waals surface area contributed by atoms with E-state index in [4.69, 9.17) is 0 Å². The molecule has 0 radical (unpaired) electrons. The Balaban J connectivity index is 2.32. The van der Waals surface area contributed by atoms with Gasteiger partial charge in [0.15, 0.2) is 0 Å². The van der Waals surface area contributed by atoms with Crippen LogP contribution in [0.5, 0.6) is 0 Å². The lowest BCUT2D eigenvalue weighted by Crippen LogP contribution is -2.44. The number of rotatable bonds is 2. The van der Waals surface area contributed by atoms with Gasteiger partial charge in [0.25, 0.3) is 0 Å². The lowest BCUT2D eigenvalue weighted by molar-refractivity contribution is 0.367. The monoisotopic (exact) mass is 335 g/mol. The van der Waals surface area contributed by atoms with Gasteiger partial charge in [-0.25, -0.2) is 8.42 Å². The van der Waals surface area contributed by atoms with E-state index in [2.05, 4.69) is 15.9 Å². The van der Waals surface area contributed by atoms with Gasteiger partial charge in [-0.2, -0.15) is 16.1 Å². The molecule has 0 spiro atoms. The third-order valence-corrected chi connectivity index (χ3v) is 6.47. The number of benzene rings is 1. The maximum absolute atomic E-state index is 12.4. The molecule has 0 N–H and O–H groups in total. The van der Waals surface area contributed by atoms with Crippen molar-refractivity contribution < 1.29 is 8.42 Å². The van der Waals surface area contributed by atoms with Gasteiger partial charge in [0.1, 0.15) is 0 Å². The summed E-state index contributed by atoms with van der Waals surface area (Å²) in [7, 11) is -3.33. The number of halogens is 1. The van der Waals surface area contributed by atoms with E-state index in [1.165, 1.54) is 0 Å². The smallest absolute Gasteiger partial charge is 0.207 e. The van der Waals surface area contributed by atoms with Gasteiger partial charge >= 0.3 is 0 Å². The zero-order valence-electron chi connectivity index (χ0n) is 9.47. The minimum absolute atomic E-state index is 0.0717. The molecule has 1 saturated heterocycles. The molecule has 2 rings (SSSR count). The average Bonchev–Trinajstić information content (AvgIpc) is 2.30. The average molecular weight is 336 g/mol. The highest BCUT2D eigenvalue weighted by Gasteiger charge is 2.30. The molecule has 0 bridgehead atoms. The van der Waals surface area contributed by atoms with Crippen molar-refractivity contribution in [2.45, 2.75) is 17.9 Å². The molecule has 1 fully saturated rings. The number of sulfonamides is 1. The molecular weight excluding hydrogens is 322 g/mol. The van der Waals surface area contributed by atoms with Crippen molar-refractivity contribution in [1.29, 1.82) is 0 Å². The van der Waals surface area contributed by atoms with Crippen LogP contribution >= 0.6 is 27.7 Å². The van der Waals surface area contributed by atoms with Crippen LogP contribution in [0.25, 0.3) is 0 Å². The molecule has 17 heavy (non-hydrogen) atoms. The maximum Gasteiger partial charge on any atom is 0.243 e. The van der Waals surface area contributed by atoms with E-state index in [1.54, 1.807) is 40.3 Å². The van der Waals surface area contributed by atoms with Crippen molar-refractivity contribution in [2.24, 2.45) is 0 Å². The normalized spacial score (nSPS) is 22.6. The Morgan fingerprint density at radius 3 is 2.59 bits per heavy atom. The van der Waals surface area contributed by atoms with Crippen LogP contribution in [0.15, 0.2) is 33.6 Å². The summed E-state index contributed by atoms with van der Waals surface area (Å²) in [5, 5.41) is 0. The molecule has 1 atom stereocenters. The topological polar surface area (TPSA) is 37.4 Å². The molecule has 1 heterocycles. The van der Waals surface area contributed by atoms with Crippen molar-refractivity contribution >= 4 is 37.7 Å². The molecule has 1 aromatic carbocycles. The first kappa shape index (κ1) is 13.4. The summed E-state index contributed by atoms with van der Waals surface area (Å²) in [6, 6.07) is 6.89. The lowest BCUT2D eigenvalue weighted by atomic mass is 10.4. The van der Waals surface area contributed by atoms with E-state index >= 15 is 0 Å². The van der Waals surface area contributed by atoms with E-state index in [9.17, 15) is 8.42 Å². The van der Waals surface area contributed by atoms with Gasteiger partial charge < -0.3 is 0 Å². The predicted octanol–water partition coefficient (Wildman–Crippen LogP) is 2.58. The molecule has 1 unspecified atom stereocenters. The Kier molecular flexibility index (Phi) is 4.18. The standard InChI is InChI=1S/C11H14BrNO2S2/c1-9-8-16-7-6-13(9)17(14,15)11-4-2-10(12)3-5-11/h2-5,9H,6-8H2,1H3. The van der Waals surface area contributed by atoms with Crippen LogP contribution in [0.2, 0.25) is 0 Å². The first-order chi connectivity index (χ1) is 8.01. The SMILES string of the molecule is CC1CSCCN1S(=O)(=O)c1ccc(Br)cc1. The molecule has 3 nitrogen and oxygen atoms in total. The van der Waals surface area contributed by atoms with Gasteiger partial charge in [0.05, 0.1) is 4.90 Å². The molecule has 1 aliphatic heterocycles. The van der Waals surface area contributed by atoms with Crippen molar-refractivity contribution in [3.05, 3.63) is 28.7 Å². The lowest BCUT2D eigenvalue weighted by Gasteiger charge is -2.31. The van der Waals surface area contributed by atoms with Crippen LogP contribution in [0.1, 0.15) is 6.92 Å². The van der Waals surface area contributed by atoms with E-state index in [-0.39, 0.29) is 6.04 Å². The second-order valence-electron chi connectivity index (χ2n) is 3.99. The fourth-order valence-corrected chi connectivity index (χ4v) is 4.93. The Bertz CT molecular complexity index is 487. The summed E-state index contributed by atoms with van der Waals surface area (Å²) in [5.74, 6) is 1.75. The summed E-state index contributed by atoms with van der Waals surface area (Å²) in [6.07, 6.45) is 0. The molecule has 94 valence electrons. The molecule has 0 aromatic heterocycles. The van der Waals surface area contributed by atoms with E-state index in [1.807, 2.05) is 6.92 Å². The number of nitrogens with zero attached hydrogens (tertiary/aromatic N) is 1. The molecule has 0 amide bonds. The van der Waals surface area contributed by atoms with Crippen molar-refractivity contribution in [3.63, 3.8) is 0 Å². The van der Waals surface area contributed by atoms with Crippen LogP contribution in [-0.4, -0.2) is 36.8 Å². The summed E-state index contributed by atoms with van der Waals surface area (Å²) in [5.41, 5.74) is 0. The van der Waals surface area contributed by atoms with Crippen LogP contribution in [-0.2, 0) is 10.0 Å². The summed E-state index contributed by atoms with van der Waals surface area (Å²) in [4.78, 5) is 0.374. The van der Waals surface area contributed by atoms with Crippen LogP contribution in [0, 0.1) is 0 Å². The minimum atomic E-state index is -3.33. The molecule has 0 aliphatic carbocycles. The van der Waals surface area contributed by atoms with E-state index in [0.717, 1.165) is 16.0 Å². The molecule has 1 aliphatic rings. The van der Waals surface area contributed by atoms with Gasteiger partial charge in [0.2, 0.25) is 10.0 Å². The third-order valence-electron chi connectivity index (χ3n) is 2.73. The molecule has 6 heteroatoms. The zero-order chi connectivity index (χ0) is 12.5. The fourth-order valence-electron chi connectivity index (χ4n) is 1.81. The Morgan fingerprint density at radius 2 is 2.00 bits per heavy atom. The second-order valence-corrected chi connectivity index (χ2v) is 7.95. The Morgan fingerprint density at radius 1 is 1.35 bits per heavy atom. The van der Waals surface area contributed by atoms with Gasteiger partial charge in [-0.1, -0.05) is 15.9 Å². The van der Waals surface area contributed by atoms with Crippen LogP contribution in [0.4, 0.5) is 0 Å². The number of thioether (sulfide) groups is 1. The van der Waals surface area contributed by atoms with Crippen molar-refractivity contribution in [2.75, 3.05) is 18.1 Å². The van der Waals surface area contributed by atoms with Gasteiger partial charge in [-0.3, -0.25) is 0 Å². The highest BCUT2D eigenvalue weighted by Crippen LogP contribution is 2.25. The molecule has 0 saturated carbocycles. The highest BCUT2D eigenvalue weighted by molar-refractivity contribution is 9.10. The highest BCUT2D eigenvalue weighted by atomic mass is 79.9. The molecular formula is C11H14BrNO2S2. The number of hydrogen-bond acceptors (Lipinski definition) is 3. The first-order valence-electron chi connectivity index (χ1n) is 5.37. The summed E-state index contributed by atoms with van der Waals surface area (Å²) >= 11 is 5.12. The minimum Gasteiger partial charge on any atom is -0.207 e. The predicted molar refractivity (Wildman–Crippen MR) is 74.8 cm³/mol. The number of hydrogen-bond donors (Lipinski definition) is 0. The molecule has 1 aromatic rings. The van der Waals surface area contributed by atoms with E-state index < -0.39 is 10.0 Å². The first-order valence-corrected chi connectivity index (χ1v) is 8.76. The zero-order valence-corrected chi connectivity index (χ0v) is 12.7. The van der Waals surface area contributed by atoms with E-state index in [0.29, 0.717) is 11.4 Å². The van der Waals surface area contributed by atoms with Gasteiger partial charge in [-0.05, 0) is 31.2 Å². The Labute approximate surface area is 115 Å². The third kappa shape index (κ3) is 2.86. The maximum atomic E-state index is 12.4. The largest absolute Gasteiger partial charge is 0.243 e. The van der Waals surface area contributed by atoms with Crippen molar-refractivity contribution in [3.8, 4) is 0 Å². The summed E-state index contributed by atoms with van der Waals surface area (Å²) in [6.45, 7) is 2.56. The Hall–Kier alpha value is -0.0400. The van der Waals surface area contributed by atoms with Crippen molar-refractivity contribution in [1.82, 2.24) is 4.31 Å². The summed E-state index contributed by atoms with van der Waals surface area (Å²) < 4.78 is 27.3. The second kappa shape index (κ2) is 5.30.